The van der Waals surface area contributed by atoms with E-state index in [1.807, 2.05) is 6.07 Å². The second-order valence-corrected chi connectivity index (χ2v) is 7.94. The first-order chi connectivity index (χ1) is 9.95. The normalized spacial score (nSPS) is 15.7. The number of benzene rings is 1. The molecule has 1 aliphatic heterocycles. The van der Waals surface area contributed by atoms with Gasteiger partial charge in [-0.1, -0.05) is 32.4 Å². The van der Waals surface area contributed by atoms with Crippen LogP contribution in [0.4, 0.5) is 5.69 Å². The molecule has 112 valence electrons. The molecular formula is C17H21ClN2S. The number of rotatable bonds is 2. The highest BCUT2D eigenvalue weighted by molar-refractivity contribution is 7.10. The summed E-state index contributed by atoms with van der Waals surface area (Å²) < 4.78 is 0. The molecule has 0 amide bonds. The van der Waals surface area contributed by atoms with E-state index < -0.39 is 0 Å². The van der Waals surface area contributed by atoms with Crippen LogP contribution in [0.2, 0.25) is 5.02 Å². The molecule has 0 unspecified atom stereocenters. The largest absolute Gasteiger partial charge is 0.371 e. The predicted molar refractivity (Wildman–Crippen MR) is 92.7 cm³/mol. The molecule has 2 heterocycles. The van der Waals surface area contributed by atoms with Crippen molar-refractivity contribution >= 4 is 28.6 Å². The fourth-order valence-electron chi connectivity index (χ4n) is 2.68. The molecule has 2 aromatic rings. The summed E-state index contributed by atoms with van der Waals surface area (Å²) >= 11 is 7.96. The van der Waals surface area contributed by atoms with Crippen molar-refractivity contribution in [1.29, 1.82) is 0 Å². The third kappa shape index (κ3) is 3.09. The average molecular weight is 321 g/mol. The van der Waals surface area contributed by atoms with Crippen LogP contribution in [-0.2, 0) is 5.41 Å². The minimum Gasteiger partial charge on any atom is -0.371 e. The molecule has 1 aromatic carbocycles. The summed E-state index contributed by atoms with van der Waals surface area (Å²) in [5.74, 6) is 0. The standard InChI is InChI=1S/C17H21ClN2S/c1-17(2,3)16-19-14(11-21-16)13-7-6-12(18)10-15(13)20-8-4-5-9-20/h6-7,10-11H,4-5,8-9H2,1-3H3. The quantitative estimate of drug-likeness (QED) is 0.740. The van der Waals surface area contributed by atoms with Crippen molar-refractivity contribution in [1.82, 2.24) is 4.98 Å². The Hall–Kier alpha value is -1.06. The van der Waals surface area contributed by atoms with Crippen LogP contribution in [0.1, 0.15) is 38.6 Å². The molecule has 1 fully saturated rings. The van der Waals surface area contributed by atoms with E-state index in [4.69, 9.17) is 16.6 Å². The lowest BCUT2D eigenvalue weighted by Gasteiger charge is -2.21. The van der Waals surface area contributed by atoms with Crippen molar-refractivity contribution < 1.29 is 0 Å². The van der Waals surface area contributed by atoms with Gasteiger partial charge in [0, 0.05) is 40.2 Å². The zero-order valence-corrected chi connectivity index (χ0v) is 14.4. The fraction of sp³-hybridized carbons (Fsp3) is 0.471. The summed E-state index contributed by atoms with van der Waals surface area (Å²) in [6.07, 6.45) is 2.52. The van der Waals surface area contributed by atoms with E-state index in [0.29, 0.717) is 0 Å². The Morgan fingerprint density at radius 3 is 2.52 bits per heavy atom. The lowest BCUT2D eigenvalue weighted by molar-refractivity contribution is 0.586. The molecule has 0 radical (unpaired) electrons. The summed E-state index contributed by atoms with van der Waals surface area (Å²) in [5.41, 5.74) is 3.60. The molecule has 0 aliphatic carbocycles. The maximum absolute atomic E-state index is 6.22. The van der Waals surface area contributed by atoms with Crippen LogP contribution in [0, 0.1) is 0 Å². The van der Waals surface area contributed by atoms with Gasteiger partial charge in [-0.3, -0.25) is 0 Å². The maximum Gasteiger partial charge on any atom is 0.0986 e. The Balaban J connectivity index is 2.03. The zero-order valence-electron chi connectivity index (χ0n) is 12.8. The zero-order chi connectivity index (χ0) is 15.0. The first-order valence-corrected chi connectivity index (χ1v) is 8.72. The topological polar surface area (TPSA) is 16.1 Å². The minimum absolute atomic E-state index is 0.100. The maximum atomic E-state index is 6.22. The molecule has 1 aromatic heterocycles. The summed E-state index contributed by atoms with van der Waals surface area (Å²) in [5, 5.41) is 4.15. The van der Waals surface area contributed by atoms with Gasteiger partial charge in [0.15, 0.2) is 0 Å². The van der Waals surface area contributed by atoms with Gasteiger partial charge in [-0.2, -0.15) is 0 Å². The molecule has 1 saturated heterocycles. The smallest absolute Gasteiger partial charge is 0.0986 e. The Kier molecular flexibility index (Phi) is 3.98. The van der Waals surface area contributed by atoms with Crippen molar-refractivity contribution in [2.75, 3.05) is 18.0 Å². The molecular weight excluding hydrogens is 300 g/mol. The molecule has 3 rings (SSSR count). The Morgan fingerprint density at radius 2 is 1.90 bits per heavy atom. The van der Waals surface area contributed by atoms with Gasteiger partial charge in [0.25, 0.3) is 0 Å². The molecule has 2 nitrogen and oxygen atoms in total. The van der Waals surface area contributed by atoms with E-state index >= 15 is 0 Å². The number of aromatic nitrogens is 1. The second kappa shape index (κ2) is 5.62. The molecule has 0 spiro atoms. The van der Waals surface area contributed by atoms with Crippen LogP contribution in [0.3, 0.4) is 0 Å². The van der Waals surface area contributed by atoms with E-state index in [0.717, 1.165) is 23.8 Å². The number of halogens is 1. The van der Waals surface area contributed by atoms with E-state index in [2.05, 4.69) is 43.2 Å². The fourth-order valence-corrected chi connectivity index (χ4v) is 3.76. The van der Waals surface area contributed by atoms with Crippen molar-refractivity contribution in [3.63, 3.8) is 0 Å². The average Bonchev–Trinajstić information content (AvgIpc) is 3.09. The van der Waals surface area contributed by atoms with Gasteiger partial charge < -0.3 is 4.90 Å². The van der Waals surface area contributed by atoms with Crippen molar-refractivity contribution in [2.24, 2.45) is 0 Å². The van der Waals surface area contributed by atoms with Gasteiger partial charge in [-0.15, -0.1) is 11.3 Å². The Morgan fingerprint density at radius 1 is 1.19 bits per heavy atom. The third-order valence-electron chi connectivity index (χ3n) is 3.83. The second-order valence-electron chi connectivity index (χ2n) is 6.64. The highest BCUT2D eigenvalue weighted by Crippen LogP contribution is 2.37. The SMILES string of the molecule is CC(C)(C)c1nc(-c2ccc(Cl)cc2N2CCCC2)cs1. The number of hydrogen-bond donors (Lipinski definition) is 0. The Labute approximate surface area is 135 Å². The number of hydrogen-bond acceptors (Lipinski definition) is 3. The lowest BCUT2D eigenvalue weighted by Crippen LogP contribution is -2.18. The molecule has 0 bridgehead atoms. The monoisotopic (exact) mass is 320 g/mol. The van der Waals surface area contributed by atoms with Crippen LogP contribution >= 0.6 is 22.9 Å². The number of nitrogens with zero attached hydrogens (tertiary/aromatic N) is 2. The van der Waals surface area contributed by atoms with Gasteiger partial charge in [-0.05, 0) is 31.0 Å². The minimum atomic E-state index is 0.100. The molecule has 1 aliphatic rings. The predicted octanol–water partition coefficient (Wildman–Crippen LogP) is 5.36. The molecule has 21 heavy (non-hydrogen) atoms. The third-order valence-corrected chi connectivity index (χ3v) is 5.33. The highest BCUT2D eigenvalue weighted by atomic mass is 35.5. The molecule has 4 heteroatoms. The first-order valence-electron chi connectivity index (χ1n) is 7.46. The summed E-state index contributed by atoms with van der Waals surface area (Å²) in [6.45, 7) is 8.85. The van der Waals surface area contributed by atoms with Gasteiger partial charge in [0.05, 0.1) is 10.7 Å². The highest BCUT2D eigenvalue weighted by Gasteiger charge is 2.21. The molecule has 0 atom stereocenters. The van der Waals surface area contributed by atoms with Gasteiger partial charge in [-0.25, -0.2) is 4.98 Å². The van der Waals surface area contributed by atoms with Crippen LogP contribution < -0.4 is 4.90 Å². The lowest BCUT2D eigenvalue weighted by atomic mass is 9.98. The first kappa shape index (κ1) is 14.9. The van der Waals surface area contributed by atoms with E-state index in [9.17, 15) is 0 Å². The van der Waals surface area contributed by atoms with Crippen LogP contribution in [-0.4, -0.2) is 18.1 Å². The number of thiazole rings is 1. The van der Waals surface area contributed by atoms with Crippen LogP contribution in [0.5, 0.6) is 0 Å². The van der Waals surface area contributed by atoms with Crippen molar-refractivity contribution in [2.45, 2.75) is 39.0 Å². The van der Waals surface area contributed by atoms with Gasteiger partial charge in [0.1, 0.15) is 0 Å². The summed E-state index contributed by atoms with van der Waals surface area (Å²) in [4.78, 5) is 7.29. The van der Waals surface area contributed by atoms with E-state index in [1.54, 1.807) is 11.3 Å². The molecule has 0 N–H and O–H groups in total. The summed E-state index contributed by atoms with van der Waals surface area (Å²) in [6, 6.07) is 6.16. The van der Waals surface area contributed by atoms with Crippen LogP contribution in [0.15, 0.2) is 23.6 Å². The van der Waals surface area contributed by atoms with E-state index in [1.165, 1.54) is 29.1 Å². The van der Waals surface area contributed by atoms with Crippen molar-refractivity contribution in [3.8, 4) is 11.3 Å². The molecule has 0 saturated carbocycles. The number of anilines is 1. The summed E-state index contributed by atoms with van der Waals surface area (Å²) in [7, 11) is 0. The van der Waals surface area contributed by atoms with Crippen LogP contribution in [0.25, 0.3) is 11.3 Å². The Bertz CT molecular complexity index is 636. The van der Waals surface area contributed by atoms with Crippen molar-refractivity contribution in [3.05, 3.63) is 33.6 Å². The van der Waals surface area contributed by atoms with Gasteiger partial charge >= 0.3 is 0 Å². The van der Waals surface area contributed by atoms with E-state index in [-0.39, 0.29) is 5.41 Å². The van der Waals surface area contributed by atoms with Gasteiger partial charge in [0.2, 0.25) is 0 Å².